The van der Waals surface area contributed by atoms with Crippen LogP contribution in [0, 0.1) is 0 Å². The molecular weight excluding hydrogens is 294 g/mol. The Morgan fingerprint density at radius 1 is 1.00 bits per heavy atom. The lowest BCUT2D eigenvalue weighted by Crippen LogP contribution is -2.10. The minimum Gasteiger partial charge on any atom is -0.382 e. The van der Waals surface area contributed by atoms with E-state index < -0.39 is 5.91 Å². The van der Waals surface area contributed by atoms with Crippen molar-refractivity contribution in [2.24, 2.45) is 5.73 Å². The molecule has 8 heteroatoms. The summed E-state index contributed by atoms with van der Waals surface area (Å²) in [6, 6.07) is 7.15. The number of anilines is 2. The predicted molar refractivity (Wildman–Crippen MR) is 86.3 cm³/mol. The number of benzene rings is 1. The van der Waals surface area contributed by atoms with E-state index >= 15 is 0 Å². The number of hydrogen-bond donors (Lipinski definition) is 3. The number of carbonyl (C=O) groups is 1. The van der Waals surface area contributed by atoms with Crippen molar-refractivity contribution >= 4 is 28.8 Å². The SMILES string of the molecule is NC(=O)c1ccc(CCc2cnc3nc(N)nc(N)c3n2)cc1. The van der Waals surface area contributed by atoms with E-state index in [9.17, 15) is 4.79 Å². The van der Waals surface area contributed by atoms with E-state index in [1.54, 1.807) is 18.3 Å². The zero-order valence-corrected chi connectivity index (χ0v) is 12.2. The van der Waals surface area contributed by atoms with E-state index in [1.165, 1.54) is 0 Å². The smallest absolute Gasteiger partial charge is 0.248 e. The van der Waals surface area contributed by atoms with Gasteiger partial charge in [-0.25, -0.2) is 9.97 Å². The highest BCUT2D eigenvalue weighted by Gasteiger charge is 2.08. The quantitative estimate of drug-likeness (QED) is 0.634. The maximum absolute atomic E-state index is 11.0. The highest BCUT2D eigenvalue weighted by molar-refractivity contribution is 5.92. The van der Waals surface area contributed by atoms with Crippen LogP contribution < -0.4 is 17.2 Å². The Hall–Kier alpha value is -3.29. The van der Waals surface area contributed by atoms with Gasteiger partial charge >= 0.3 is 0 Å². The van der Waals surface area contributed by atoms with Gasteiger partial charge in [-0.2, -0.15) is 9.97 Å². The third kappa shape index (κ3) is 3.15. The van der Waals surface area contributed by atoms with Gasteiger partial charge in [-0.15, -0.1) is 0 Å². The first-order valence-electron chi connectivity index (χ1n) is 6.96. The lowest BCUT2D eigenvalue weighted by molar-refractivity contribution is 0.100. The Morgan fingerprint density at radius 2 is 1.74 bits per heavy atom. The average Bonchev–Trinajstić information content (AvgIpc) is 2.53. The third-order valence-corrected chi connectivity index (χ3v) is 3.41. The molecule has 0 aliphatic rings. The summed E-state index contributed by atoms with van der Waals surface area (Å²) in [6.45, 7) is 0. The van der Waals surface area contributed by atoms with Crippen LogP contribution in [0.25, 0.3) is 11.2 Å². The molecule has 116 valence electrons. The van der Waals surface area contributed by atoms with Crippen LogP contribution in [0.5, 0.6) is 0 Å². The van der Waals surface area contributed by atoms with Gasteiger partial charge in [-0.05, 0) is 30.5 Å². The highest BCUT2D eigenvalue weighted by atomic mass is 16.1. The molecule has 0 unspecified atom stereocenters. The number of fused-ring (bicyclic) bond motifs is 1. The minimum atomic E-state index is -0.438. The van der Waals surface area contributed by atoms with Crippen LogP contribution in [0.2, 0.25) is 0 Å². The van der Waals surface area contributed by atoms with Gasteiger partial charge in [0.05, 0.1) is 11.9 Å². The zero-order valence-electron chi connectivity index (χ0n) is 12.2. The number of amides is 1. The molecule has 0 saturated heterocycles. The highest BCUT2D eigenvalue weighted by Crippen LogP contribution is 2.15. The van der Waals surface area contributed by atoms with Crippen molar-refractivity contribution in [1.29, 1.82) is 0 Å². The summed E-state index contributed by atoms with van der Waals surface area (Å²) in [5, 5.41) is 0. The number of nitrogen functional groups attached to an aromatic ring is 2. The predicted octanol–water partition coefficient (Wildman–Crippen LogP) is 0.468. The van der Waals surface area contributed by atoms with Crippen LogP contribution in [0.15, 0.2) is 30.5 Å². The standard InChI is InChI=1S/C15H15N7O/c16-12-11-14(22-15(18)21-12)19-7-10(20-11)6-3-8-1-4-9(5-2-8)13(17)23/h1-2,4-5,7H,3,6H2,(H2,17,23)(H4,16,18,19,21,22). The van der Waals surface area contributed by atoms with Gasteiger partial charge in [0.2, 0.25) is 11.9 Å². The van der Waals surface area contributed by atoms with Gasteiger partial charge in [0.25, 0.3) is 0 Å². The molecule has 0 radical (unpaired) electrons. The van der Waals surface area contributed by atoms with E-state index in [2.05, 4.69) is 19.9 Å². The number of hydrogen-bond acceptors (Lipinski definition) is 7. The van der Waals surface area contributed by atoms with Crippen LogP contribution in [-0.2, 0) is 12.8 Å². The van der Waals surface area contributed by atoms with Crippen LogP contribution >= 0.6 is 0 Å². The lowest BCUT2D eigenvalue weighted by atomic mass is 10.1. The van der Waals surface area contributed by atoms with Gasteiger partial charge in [0.15, 0.2) is 17.0 Å². The van der Waals surface area contributed by atoms with E-state index in [4.69, 9.17) is 17.2 Å². The van der Waals surface area contributed by atoms with Gasteiger partial charge in [-0.1, -0.05) is 12.1 Å². The first kappa shape index (κ1) is 14.6. The molecule has 0 saturated carbocycles. The van der Waals surface area contributed by atoms with Crippen LogP contribution in [0.1, 0.15) is 21.6 Å². The number of rotatable bonds is 4. The van der Waals surface area contributed by atoms with Gasteiger partial charge in [-0.3, -0.25) is 4.79 Å². The second-order valence-corrected chi connectivity index (χ2v) is 5.06. The maximum Gasteiger partial charge on any atom is 0.248 e. The van der Waals surface area contributed by atoms with E-state index in [-0.39, 0.29) is 11.8 Å². The van der Waals surface area contributed by atoms with E-state index in [0.29, 0.717) is 23.1 Å². The molecule has 0 aliphatic heterocycles. The molecule has 2 heterocycles. The summed E-state index contributed by atoms with van der Waals surface area (Å²) in [5.41, 5.74) is 19.7. The third-order valence-electron chi connectivity index (χ3n) is 3.41. The Morgan fingerprint density at radius 3 is 2.43 bits per heavy atom. The first-order chi connectivity index (χ1) is 11.0. The molecule has 3 rings (SSSR count). The van der Waals surface area contributed by atoms with Gasteiger partial charge in [0.1, 0.15) is 0 Å². The number of carbonyl (C=O) groups excluding carboxylic acids is 1. The van der Waals surface area contributed by atoms with Crippen molar-refractivity contribution in [3.05, 3.63) is 47.3 Å². The normalized spacial score (nSPS) is 10.8. The van der Waals surface area contributed by atoms with Crippen molar-refractivity contribution in [2.45, 2.75) is 12.8 Å². The monoisotopic (exact) mass is 309 g/mol. The largest absolute Gasteiger partial charge is 0.382 e. The second kappa shape index (κ2) is 5.84. The molecule has 0 aliphatic carbocycles. The summed E-state index contributed by atoms with van der Waals surface area (Å²) < 4.78 is 0. The summed E-state index contributed by atoms with van der Waals surface area (Å²) in [4.78, 5) is 27.6. The molecule has 0 spiro atoms. The molecule has 2 aromatic heterocycles. The average molecular weight is 309 g/mol. The molecule has 6 N–H and O–H groups in total. The van der Waals surface area contributed by atoms with Crippen LogP contribution in [-0.4, -0.2) is 25.8 Å². The first-order valence-corrected chi connectivity index (χ1v) is 6.96. The summed E-state index contributed by atoms with van der Waals surface area (Å²) >= 11 is 0. The van der Waals surface area contributed by atoms with Crippen molar-refractivity contribution < 1.29 is 4.79 Å². The summed E-state index contributed by atoms with van der Waals surface area (Å²) in [7, 11) is 0. The van der Waals surface area contributed by atoms with Crippen molar-refractivity contribution in [2.75, 3.05) is 11.5 Å². The molecule has 23 heavy (non-hydrogen) atoms. The van der Waals surface area contributed by atoms with Crippen molar-refractivity contribution in [1.82, 2.24) is 19.9 Å². The Kier molecular flexibility index (Phi) is 3.71. The number of aryl methyl sites for hydroxylation is 2. The molecule has 0 bridgehead atoms. The summed E-state index contributed by atoms with van der Waals surface area (Å²) in [6.07, 6.45) is 3.06. The molecule has 1 aromatic carbocycles. The molecule has 3 aromatic rings. The molecular formula is C15H15N7O. The van der Waals surface area contributed by atoms with Crippen molar-refractivity contribution in [3.8, 4) is 0 Å². The second-order valence-electron chi connectivity index (χ2n) is 5.06. The summed E-state index contributed by atoms with van der Waals surface area (Å²) in [5.74, 6) is -0.147. The molecule has 1 amide bonds. The molecule has 0 atom stereocenters. The Labute approximate surface area is 131 Å². The topological polar surface area (TPSA) is 147 Å². The maximum atomic E-state index is 11.0. The number of nitrogens with two attached hydrogens (primary N) is 3. The number of nitrogens with zero attached hydrogens (tertiary/aromatic N) is 4. The van der Waals surface area contributed by atoms with E-state index in [0.717, 1.165) is 17.7 Å². The zero-order chi connectivity index (χ0) is 16.4. The van der Waals surface area contributed by atoms with Crippen LogP contribution in [0.3, 0.4) is 0 Å². The van der Waals surface area contributed by atoms with Crippen molar-refractivity contribution in [3.63, 3.8) is 0 Å². The lowest BCUT2D eigenvalue weighted by Gasteiger charge is -2.05. The fourth-order valence-corrected chi connectivity index (χ4v) is 2.21. The molecule has 0 fully saturated rings. The Balaban J connectivity index is 1.78. The fraction of sp³-hybridized carbons (Fsp3) is 0.133. The minimum absolute atomic E-state index is 0.0755. The van der Waals surface area contributed by atoms with Crippen LogP contribution in [0.4, 0.5) is 11.8 Å². The number of primary amides is 1. The Bertz CT molecular complexity index is 877. The molecule has 8 nitrogen and oxygen atoms in total. The van der Waals surface area contributed by atoms with E-state index in [1.807, 2.05) is 12.1 Å². The van der Waals surface area contributed by atoms with Gasteiger partial charge < -0.3 is 17.2 Å². The number of aromatic nitrogens is 4. The fourth-order valence-electron chi connectivity index (χ4n) is 2.21. The van der Waals surface area contributed by atoms with Gasteiger partial charge in [0, 0.05) is 5.56 Å².